The Morgan fingerprint density at radius 2 is 1.70 bits per heavy atom. The second-order valence-electron chi connectivity index (χ2n) is 8.91. The predicted octanol–water partition coefficient (Wildman–Crippen LogP) is 4.70. The molecule has 0 aromatic carbocycles. The highest BCUT2D eigenvalue weighted by atomic mass is 15.3. The van der Waals surface area contributed by atoms with Gasteiger partial charge in [-0.2, -0.15) is 5.10 Å². The first-order valence-corrected chi connectivity index (χ1v) is 11.5. The molecule has 0 atom stereocenters. The number of nitrogens with zero attached hydrogens (tertiary/aromatic N) is 6. The maximum Gasteiger partial charge on any atom is 0.124 e. The zero-order chi connectivity index (χ0) is 22.8. The molecule has 4 aromatic rings. The number of pyridine rings is 3. The molecule has 2 N–H and O–H groups in total. The van der Waals surface area contributed by atoms with Gasteiger partial charge < -0.3 is 10.6 Å². The van der Waals surface area contributed by atoms with Crippen LogP contribution < -0.4 is 5.73 Å². The van der Waals surface area contributed by atoms with E-state index in [-0.39, 0.29) is 0 Å². The molecular weight excluding hydrogens is 410 g/mol. The number of rotatable bonds is 5. The number of piperidine rings is 1. The number of nitrogens with two attached hydrogens (primary N) is 1. The van der Waals surface area contributed by atoms with Gasteiger partial charge in [0.05, 0.1) is 23.6 Å². The molecule has 1 aliphatic rings. The number of aromatic nitrogens is 5. The number of anilines is 1. The van der Waals surface area contributed by atoms with Crippen molar-refractivity contribution in [3.8, 4) is 33.6 Å². The van der Waals surface area contributed by atoms with E-state index in [1.165, 1.54) is 0 Å². The van der Waals surface area contributed by atoms with Gasteiger partial charge in [-0.3, -0.25) is 14.6 Å². The van der Waals surface area contributed by atoms with Crippen LogP contribution in [0.5, 0.6) is 0 Å². The molecule has 168 valence electrons. The van der Waals surface area contributed by atoms with Crippen LogP contribution in [0.3, 0.4) is 0 Å². The number of nitrogen functional groups attached to an aromatic ring is 1. The molecule has 7 heteroatoms. The van der Waals surface area contributed by atoms with Crippen LogP contribution >= 0.6 is 0 Å². The summed E-state index contributed by atoms with van der Waals surface area (Å²) in [6, 6.07) is 12.8. The van der Waals surface area contributed by atoms with E-state index in [2.05, 4.69) is 55.7 Å². The summed E-state index contributed by atoms with van der Waals surface area (Å²) < 4.78 is 2.13. The van der Waals surface area contributed by atoms with Crippen molar-refractivity contribution in [3.63, 3.8) is 0 Å². The highest BCUT2D eigenvalue weighted by Gasteiger charge is 2.22. The van der Waals surface area contributed by atoms with Crippen LogP contribution in [0.1, 0.15) is 32.7 Å². The molecule has 0 aliphatic carbocycles. The summed E-state index contributed by atoms with van der Waals surface area (Å²) in [5, 5.41) is 4.69. The Kier molecular flexibility index (Phi) is 5.88. The van der Waals surface area contributed by atoms with Gasteiger partial charge in [0.15, 0.2) is 0 Å². The van der Waals surface area contributed by atoms with E-state index < -0.39 is 0 Å². The van der Waals surface area contributed by atoms with E-state index in [0.717, 1.165) is 59.6 Å². The van der Waals surface area contributed by atoms with Crippen LogP contribution in [-0.4, -0.2) is 48.8 Å². The first-order chi connectivity index (χ1) is 16.1. The van der Waals surface area contributed by atoms with Gasteiger partial charge in [-0.05, 0) is 62.6 Å². The van der Waals surface area contributed by atoms with Crippen molar-refractivity contribution in [2.45, 2.75) is 38.8 Å². The van der Waals surface area contributed by atoms with Crippen molar-refractivity contribution in [2.75, 3.05) is 18.8 Å². The Balaban J connectivity index is 1.39. The van der Waals surface area contributed by atoms with Crippen molar-refractivity contribution in [1.82, 2.24) is 29.6 Å². The van der Waals surface area contributed by atoms with Gasteiger partial charge in [-0.25, -0.2) is 4.98 Å². The monoisotopic (exact) mass is 439 g/mol. The smallest absolute Gasteiger partial charge is 0.124 e. The van der Waals surface area contributed by atoms with Crippen LogP contribution in [0.4, 0.5) is 5.82 Å². The molecule has 0 saturated carbocycles. The summed E-state index contributed by atoms with van der Waals surface area (Å²) in [4.78, 5) is 15.9. The summed E-state index contributed by atoms with van der Waals surface area (Å²) >= 11 is 0. The van der Waals surface area contributed by atoms with Gasteiger partial charge in [0.1, 0.15) is 5.82 Å². The lowest BCUT2D eigenvalue weighted by atomic mass is 10.0. The topological polar surface area (TPSA) is 85.8 Å². The maximum atomic E-state index is 6.12. The minimum absolute atomic E-state index is 0.450. The van der Waals surface area contributed by atoms with Crippen LogP contribution in [0.25, 0.3) is 33.6 Å². The van der Waals surface area contributed by atoms with Gasteiger partial charge in [0.2, 0.25) is 0 Å². The van der Waals surface area contributed by atoms with Crippen LogP contribution in [0.2, 0.25) is 0 Å². The van der Waals surface area contributed by atoms with Crippen molar-refractivity contribution >= 4 is 5.82 Å². The van der Waals surface area contributed by atoms with Crippen LogP contribution in [-0.2, 0) is 0 Å². The van der Waals surface area contributed by atoms with Crippen molar-refractivity contribution in [3.05, 3.63) is 67.4 Å². The van der Waals surface area contributed by atoms with E-state index in [9.17, 15) is 0 Å². The molecular formula is C26H29N7. The third-order valence-electron chi connectivity index (χ3n) is 6.38. The Morgan fingerprint density at radius 3 is 2.42 bits per heavy atom. The predicted molar refractivity (Wildman–Crippen MR) is 131 cm³/mol. The summed E-state index contributed by atoms with van der Waals surface area (Å²) in [6.45, 7) is 6.78. The third kappa shape index (κ3) is 4.64. The lowest BCUT2D eigenvalue weighted by Crippen LogP contribution is -2.39. The highest BCUT2D eigenvalue weighted by Crippen LogP contribution is 2.30. The Hall–Kier alpha value is -3.58. The molecule has 7 nitrogen and oxygen atoms in total. The lowest BCUT2D eigenvalue weighted by molar-refractivity contribution is 0.147. The van der Waals surface area contributed by atoms with Gasteiger partial charge in [-0.1, -0.05) is 6.07 Å². The largest absolute Gasteiger partial charge is 0.384 e. The second kappa shape index (κ2) is 9.11. The fraction of sp³-hybridized carbons (Fsp3) is 0.308. The number of likely N-dealkylation sites (tertiary alicyclic amines) is 1. The average molecular weight is 440 g/mol. The normalized spacial score (nSPS) is 15.2. The number of hydrogen-bond acceptors (Lipinski definition) is 6. The van der Waals surface area contributed by atoms with Gasteiger partial charge in [0, 0.05) is 60.6 Å². The highest BCUT2D eigenvalue weighted by molar-refractivity contribution is 5.75. The molecule has 0 unspecified atom stereocenters. The third-order valence-corrected chi connectivity index (χ3v) is 6.38. The summed E-state index contributed by atoms with van der Waals surface area (Å²) in [7, 11) is 0. The van der Waals surface area contributed by atoms with E-state index in [1.807, 2.05) is 48.9 Å². The molecule has 1 saturated heterocycles. The van der Waals surface area contributed by atoms with Crippen LogP contribution in [0, 0.1) is 0 Å². The van der Waals surface area contributed by atoms with E-state index in [4.69, 9.17) is 5.73 Å². The Bertz CT molecular complexity index is 1220. The fourth-order valence-corrected chi connectivity index (χ4v) is 4.47. The number of hydrogen-bond donors (Lipinski definition) is 1. The van der Waals surface area contributed by atoms with Crippen molar-refractivity contribution in [2.24, 2.45) is 0 Å². The average Bonchev–Trinajstić information content (AvgIpc) is 3.35. The summed E-state index contributed by atoms with van der Waals surface area (Å²) in [5.74, 6) is 0.458. The van der Waals surface area contributed by atoms with Gasteiger partial charge in [0.25, 0.3) is 0 Å². The van der Waals surface area contributed by atoms with Crippen molar-refractivity contribution in [1.29, 1.82) is 0 Å². The first kappa shape index (κ1) is 21.3. The molecule has 0 spiro atoms. The van der Waals surface area contributed by atoms with E-state index in [0.29, 0.717) is 17.9 Å². The molecule has 1 aliphatic heterocycles. The summed E-state index contributed by atoms with van der Waals surface area (Å²) in [6.07, 6.45) is 11.8. The minimum atomic E-state index is 0.450. The maximum absolute atomic E-state index is 6.12. The molecule has 33 heavy (non-hydrogen) atoms. The van der Waals surface area contributed by atoms with Crippen LogP contribution in [0.15, 0.2) is 67.4 Å². The zero-order valence-electron chi connectivity index (χ0n) is 19.1. The molecule has 5 rings (SSSR count). The molecule has 5 heterocycles. The minimum Gasteiger partial charge on any atom is -0.384 e. The quantitative estimate of drug-likeness (QED) is 0.485. The molecule has 1 fully saturated rings. The van der Waals surface area contributed by atoms with Gasteiger partial charge in [-0.15, -0.1) is 0 Å². The van der Waals surface area contributed by atoms with E-state index in [1.54, 1.807) is 6.20 Å². The fourth-order valence-electron chi connectivity index (χ4n) is 4.47. The Morgan fingerprint density at radius 1 is 0.909 bits per heavy atom. The first-order valence-electron chi connectivity index (χ1n) is 11.5. The lowest BCUT2D eigenvalue weighted by Gasteiger charge is -2.34. The Labute approximate surface area is 194 Å². The van der Waals surface area contributed by atoms with Crippen molar-refractivity contribution < 1.29 is 0 Å². The summed E-state index contributed by atoms with van der Waals surface area (Å²) in [5.41, 5.74) is 11.7. The standard InChI is InChI=1S/C26H29N7/c1-18(2)32-9-6-23(7-10-32)33-17-22(16-30-33)21-11-20(14-28-15-21)19-12-25(31-26(27)13-19)24-5-3-4-8-29-24/h3-5,8,11-18,23H,6-7,9-10H2,1-2H3,(H2,27,31). The molecule has 0 amide bonds. The molecule has 4 aromatic heterocycles. The second-order valence-corrected chi connectivity index (χ2v) is 8.91. The van der Waals surface area contributed by atoms with E-state index >= 15 is 0 Å². The zero-order valence-corrected chi connectivity index (χ0v) is 19.1. The molecule has 0 bridgehead atoms. The van der Waals surface area contributed by atoms with Gasteiger partial charge >= 0.3 is 0 Å². The SMILES string of the molecule is CC(C)N1CCC(n2cc(-c3cncc(-c4cc(N)nc(-c5ccccn5)c4)c3)cn2)CC1. The molecule has 0 radical (unpaired) electrons.